The first-order valence-corrected chi connectivity index (χ1v) is 7.18. The van der Waals surface area contributed by atoms with Gasteiger partial charge in [0, 0.05) is 24.3 Å². The number of piperidine rings is 1. The Bertz CT molecular complexity index is 386. The van der Waals surface area contributed by atoms with Crippen molar-refractivity contribution in [1.82, 2.24) is 0 Å². The zero-order valence-electron chi connectivity index (χ0n) is 11.9. The van der Waals surface area contributed by atoms with Crippen molar-refractivity contribution in [1.29, 1.82) is 0 Å². The molecule has 1 fully saturated rings. The van der Waals surface area contributed by atoms with Gasteiger partial charge in [-0.3, -0.25) is 0 Å². The van der Waals surface area contributed by atoms with Gasteiger partial charge in [0.1, 0.15) is 0 Å². The van der Waals surface area contributed by atoms with Crippen molar-refractivity contribution in [2.75, 3.05) is 11.4 Å². The molecule has 2 heteroatoms. The minimum Gasteiger partial charge on any atom is -0.369 e. The highest BCUT2D eigenvalue weighted by atomic mass is 15.2. The summed E-state index contributed by atoms with van der Waals surface area (Å²) in [5.41, 5.74) is 8.76. The summed E-state index contributed by atoms with van der Waals surface area (Å²) in [6.45, 7) is 7.97. The summed E-state index contributed by atoms with van der Waals surface area (Å²) in [6, 6.07) is 9.62. The Morgan fingerprint density at radius 3 is 2.72 bits per heavy atom. The van der Waals surface area contributed by atoms with Crippen LogP contribution in [0.25, 0.3) is 0 Å². The maximum atomic E-state index is 5.96. The smallest absolute Gasteiger partial charge is 0.0401 e. The Morgan fingerprint density at radius 2 is 2.06 bits per heavy atom. The summed E-state index contributed by atoms with van der Waals surface area (Å²) < 4.78 is 0. The molecule has 1 aromatic carbocycles. The quantitative estimate of drug-likeness (QED) is 0.887. The monoisotopic (exact) mass is 246 g/mol. The third-order valence-electron chi connectivity index (χ3n) is 3.98. The van der Waals surface area contributed by atoms with E-state index in [4.69, 9.17) is 5.73 Å². The van der Waals surface area contributed by atoms with E-state index in [0.717, 1.165) is 12.3 Å². The van der Waals surface area contributed by atoms with E-state index in [-0.39, 0.29) is 6.04 Å². The van der Waals surface area contributed by atoms with E-state index in [0.29, 0.717) is 6.04 Å². The van der Waals surface area contributed by atoms with Crippen molar-refractivity contribution in [2.45, 2.75) is 52.1 Å². The summed E-state index contributed by atoms with van der Waals surface area (Å²) in [5.74, 6) is 0.858. The molecule has 1 aromatic rings. The molecular formula is C16H26N2. The first-order chi connectivity index (χ1) is 8.58. The fraction of sp³-hybridized carbons (Fsp3) is 0.625. The van der Waals surface area contributed by atoms with E-state index in [1.54, 1.807) is 0 Å². The molecule has 2 nitrogen and oxygen atoms in total. The van der Waals surface area contributed by atoms with Crippen molar-refractivity contribution in [3.05, 3.63) is 29.8 Å². The van der Waals surface area contributed by atoms with Gasteiger partial charge in [-0.25, -0.2) is 0 Å². The van der Waals surface area contributed by atoms with Crippen LogP contribution in [-0.2, 0) is 6.42 Å². The van der Waals surface area contributed by atoms with Crippen molar-refractivity contribution >= 4 is 5.69 Å². The number of para-hydroxylation sites is 1. The summed E-state index contributed by atoms with van der Waals surface area (Å²) in [4.78, 5) is 2.57. The normalized spacial score (nSPS) is 26.1. The molecule has 1 aliphatic heterocycles. The van der Waals surface area contributed by atoms with Gasteiger partial charge in [-0.15, -0.1) is 0 Å². The van der Waals surface area contributed by atoms with Crippen molar-refractivity contribution in [3.8, 4) is 0 Å². The van der Waals surface area contributed by atoms with Crippen LogP contribution >= 0.6 is 0 Å². The molecule has 0 aromatic heterocycles. The van der Waals surface area contributed by atoms with Crippen LogP contribution in [0, 0.1) is 5.92 Å². The van der Waals surface area contributed by atoms with Crippen molar-refractivity contribution in [3.63, 3.8) is 0 Å². The molecule has 2 N–H and O–H groups in total. The number of rotatable bonds is 3. The van der Waals surface area contributed by atoms with Gasteiger partial charge >= 0.3 is 0 Å². The molecular weight excluding hydrogens is 220 g/mol. The van der Waals surface area contributed by atoms with Crippen LogP contribution < -0.4 is 10.6 Å². The molecule has 3 atom stereocenters. The largest absolute Gasteiger partial charge is 0.369 e. The van der Waals surface area contributed by atoms with E-state index in [9.17, 15) is 0 Å². The van der Waals surface area contributed by atoms with Gasteiger partial charge in [-0.05, 0) is 50.7 Å². The lowest BCUT2D eigenvalue weighted by atomic mass is 9.92. The molecule has 100 valence electrons. The molecule has 0 saturated carbocycles. The average molecular weight is 246 g/mol. The number of anilines is 1. The number of nitrogens with two attached hydrogens (primary N) is 1. The molecule has 18 heavy (non-hydrogen) atoms. The summed E-state index contributed by atoms with van der Waals surface area (Å²) in [7, 11) is 0. The molecule has 2 rings (SSSR count). The molecule has 1 aliphatic rings. The van der Waals surface area contributed by atoms with Crippen molar-refractivity contribution < 1.29 is 0 Å². The van der Waals surface area contributed by atoms with Crippen LogP contribution in [0.15, 0.2) is 24.3 Å². The number of benzene rings is 1. The highest BCUT2D eigenvalue weighted by molar-refractivity contribution is 5.55. The van der Waals surface area contributed by atoms with Crippen LogP contribution in [0.4, 0.5) is 5.69 Å². The minimum absolute atomic E-state index is 0.227. The van der Waals surface area contributed by atoms with Gasteiger partial charge in [0.15, 0.2) is 0 Å². The second-order valence-corrected chi connectivity index (χ2v) is 5.98. The fourth-order valence-electron chi connectivity index (χ4n) is 3.08. The predicted molar refractivity (Wildman–Crippen MR) is 79.0 cm³/mol. The van der Waals surface area contributed by atoms with E-state index >= 15 is 0 Å². The number of hydrogen-bond acceptors (Lipinski definition) is 2. The van der Waals surface area contributed by atoms with E-state index in [2.05, 4.69) is 49.9 Å². The van der Waals surface area contributed by atoms with Crippen LogP contribution in [0.1, 0.15) is 39.2 Å². The van der Waals surface area contributed by atoms with Gasteiger partial charge < -0.3 is 10.6 Å². The van der Waals surface area contributed by atoms with Crippen LogP contribution in [0.3, 0.4) is 0 Å². The SMILES string of the molecule is CC(N)Cc1ccccc1N1CCC(C)CC1C. The van der Waals surface area contributed by atoms with E-state index in [1.165, 1.54) is 30.6 Å². The standard InChI is InChI=1S/C16H26N2/c1-12-8-9-18(14(3)10-12)16-7-5-4-6-15(16)11-13(2)17/h4-7,12-14H,8-11,17H2,1-3H3. The summed E-state index contributed by atoms with van der Waals surface area (Å²) in [6.07, 6.45) is 3.57. The lowest BCUT2D eigenvalue weighted by Crippen LogP contribution is -2.41. The Labute approximate surface area is 111 Å². The Morgan fingerprint density at radius 1 is 1.33 bits per heavy atom. The molecule has 0 bridgehead atoms. The molecule has 1 saturated heterocycles. The van der Waals surface area contributed by atoms with Gasteiger partial charge in [0.25, 0.3) is 0 Å². The highest BCUT2D eigenvalue weighted by Crippen LogP contribution is 2.30. The zero-order chi connectivity index (χ0) is 13.1. The minimum atomic E-state index is 0.227. The summed E-state index contributed by atoms with van der Waals surface area (Å²) >= 11 is 0. The third-order valence-corrected chi connectivity index (χ3v) is 3.98. The topological polar surface area (TPSA) is 29.3 Å². The van der Waals surface area contributed by atoms with Gasteiger partial charge in [-0.2, -0.15) is 0 Å². The van der Waals surface area contributed by atoms with Gasteiger partial charge in [0.2, 0.25) is 0 Å². The first-order valence-electron chi connectivity index (χ1n) is 7.18. The Balaban J connectivity index is 2.21. The molecule has 0 spiro atoms. The maximum absolute atomic E-state index is 5.96. The molecule has 0 radical (unpaired) electrons. The second-order valence-electron chi connectivity index (χ2n) is 5.98. The first kappa shape index (κ1) is 13.4. The maximum Gasteiger partial charge on any atom is 0.0401 e. The third kappa shape index (κ3) is 3.05. The molecule has 0 aliphatic carbocycles. The zero-order valence-corrected chi connectivity index (χ0v) is 11.9. The van der Waals surface area contributed by atoms with Crippen LogP contribution in [-0.4, -0.2) is 18.6 Å². The fourth-order valence-corrected chi connectivity index (χ4v) is 3.08. The summed E-state index contributed by atoms with van der Waals surface area (Å²) in [5, 5.41) is 0. The predicted octanol–water partition coefficient (Wildman–Crippen LogP) is 3.20. The lowest BCUT2D eigenvalue weighted by molar-refractivity contribution is 0.377. The molecule has 0 amide bonds. The highest BCUT2D eigenvalue weighted by Gasteiger charge is 2.24. The van der Waals surface area contributed by atoms with E-state index in [1.807, 2.05) is 0 Å². The van der Waals surface area contributed by atoms with Crippen LogP contribution in [0.5, 0.6) is 0 Å². The van der Waals surface area contributed by atoms with E-state index < -0.39 is 0 Å². The number of nitrogens with zero attached hydrogens (tertiary/aromatic N) is 1. The number of hydrogen-bond donors (Lipinski definition) is 1. The Hall–Kier alpha value is -1.02. The van der Waals surface area contributed by atoms with Gasteiger partial charge in [-0.1, -0.05) is 25.1 Å². The Kier molecular flexibility index (Phi) is 4.28. The molecule has 3 unspecified atom stereocenters. The van der Waals surface area contributed by atoms with Crippen molar-refractivity contribution in [2.24, 2.45) is 11.7 Å². The van der Waals surface area contributed by atoms with Crippen LogP contribution in [0.2, 0.25) is 0 Å². The second kappa shape index (κ2) is 5.75. The average Bonchev–Trinajstić information content (AvgIpc) is 2.30. The molecule has 1 heterocycles. The van der Waals surface area contributed by atoms with Gasteiger partial charge in [0.05, 0.1) is 0 Å². The lowest BCUT2D eigenvalue weighted by Gasteiger charge is -2.39.